The lowest BCUT2D eigenvalue weighted by atomic mass is 10.1. The number of rotatable bonds is 17. The van der Waals surface area contributed by atoms with Crippen molar-refractivity contribution in [3.8, 4) is 0 Å². The molecule has 1 saturated heterocycles. The number of fused-ring (bicyclic) bond motifs is 1. The number of hydrogen-bond acceptors (Lipinski definition) is 24. The number of H-pyrrole nitrogens is 2. The number of likely N-dealkylation sites (N-methyl/N-ethyl adjacent to an activating group) is 1. The van der Waals surface area contributed by atoms with Gasteiger partial charge in [-0.1, -0.05) is 0 Å². The van der Waals surface area contributed by atoms with Crippen LogP contribution in [0.5, 0.6) is 0 Å². The van der Waals surface area contributed by atoms with E-state index < -0.39 is 95.1 Å². The Morgan fingerprint density at radius 2 is 1.68 bits per heavy atom. The molecule has 2 aliphatic heterocycles. The fourth-order valence-corrected chi connectivity index (χ4v) is 11.2. The Balaban J connectivity index is 1.23. The van der Waals surface area contributed by atoms with Crippen molar-refractivity contribution in [2.45, 2.75) is 36.9 Å². The lowest BCUT2D eigenvalue weighted by Gasteiger charge is -2.31. The van der Waals surface area contributed by atoms with E-state index in [1.54, 1.807) is 14.1 Å². The second-order valence-electron chi connectivity index (χ2n) is 11.9. The van der Waals surface area contributed by atoms with Gasteiger partial charge in [-0.15, -0.1) is 0 Å². The van der Waals surface area contributed by atoms with Crippen LogP contribution in [0.4, 0.5) is 23.4 Å². The lowest BCUT2D eigenvalue weighted by molar-refractivity contribution is -0.0210. The number of aliphatic hydroxyl groups is 3. The minimum absolute atomic E-state index is 0.0606. The Bertz CT molecular complexity index is 2240. The number of nitrogens with one attached hydrogen (secondary N) is 2. The molecule has 1 fully saturated rings. The van der Waals surface area contributed by atoms with Gasteiger partial charge in [-0.2, -0.15) is 9.97 Å². The van der Waals surface area contributed by atoms with E-state index in [4.69, 9.17) is 64.2 Å². The van der Waals surface area contributed by atoms with Crippen LogP contribution in [0.2, 0.25) is 0 Å². The summed E-state index contributed by atoms with van der Waals surface area (Å²) >= 11 is 5.12. The monoisotopic (exact) mass is 876 g/mol. The number of phosphoric ester groups is 2. The number of methoxy groups -OCH3 is 1. The standard InChI is InChI=1S/C25H39N10O17P3S/c1-33(2)13-19(30-25(27)32-21(13)40)34(3)23-17(44-4)15(37)11(50-23)7-47-53(41,42)51-55(56,46-6)52-54(43,45-5)48-8-10-14(36)16(38)22(49-10)35-9-28-12-18(35)29-24(26)31-20(12)39/h9,11,15-17,22-23,36-38H,7-8H2,1-6H3,(H,41,42)(H3,26,29,31,39)(H3,27,30,32,40). The molecule has 0 aliphatic carbocycles. The van der Waals surface area contributed by atoms with E-state index >= 15 is 0 Å². The van der Waals surface area contributed by atoms with Gasteiger partial charge in [0.25, 0.3) is 11.1 Å². The molecule has 3 aromatic heterocycles. The van der Waals surface area contributed by atoms with Gasteiger partial charge in [-0.25, -0.2) is 22.7 Å². The molecular formula is C25H39N10O17P3S. The molecule has 312 valence electrons. The molecule has 5 heterocycles. The van der Waals surface area contributed by atoms with Crippen molar-refractivity contribution in [3.05, 3.63) is 38.6 Å². The molecule has 10 N–H and O–H groups in total. The second kappa shape index (κ2) is 16.7. The molecule has 0 aromatic carbocycles. The fourth-order valence-electron chi connectivity index (χ4n) is 5.45. The van der Waals surface area contributed by atoms with Crippen molar-refractivity contribution < 1.29 is 70.3 Å². The number of aromatic nitrogens is 6. The van der Waals surface area contributed by atoms with Crippen molar-refractivity contribution in [3.63, 3.8) is 0 Å². The molecule has 0 amide bonds. The highest BCUT2D eigenvalue weighted by atomic mass is 32.5. The summed E-state index contributed by atoms with van der Waals surface area (Å²) < 4.78 is 74.7. The zero-order chi connectivity index (χ0) is 41.5. The smallest absolute Gasteiger partial charge is 0.482 e. The number of aliphatic hydroxyl groups excluding tert-OH is 3. The average Bonchev–Trinajstić information content (AvgIpc) is 3.77. The van der Waals surface area contributed by atoms with Gasteiger partial charge < -0.3 is 60.2 Å². The third kappa shape index (κ3) is 8.94. The molecule has 0 radical (unpaired) electrons. The van der Waals surface area contributed by atoms with Crippen LogP contribution < -0.4 is 32.4 Å². The van der Waals surface area contributed by atoms with Crippen LogP contribution in [-0.2, 0) is 61.9 Å². The topological polar surface area (TPSA) is 366 Å². The number of hydrogen-bond donors (Lipinski definition) is 8. The van der Waals surface area contributed by atoms with Crippen molar-refractivity contribution in [2.75, 3.05) is 77.0 Å². The highest BCUT2D eigenvalue weighted by Gasteiger charge is 2.49. The van der Waals surface area contributed by atoms with Crippen LogP contribution in [0.25, 0.3) is 11.2 Å². The summed E-state index contributed by atoms with van der Waals surface area (Å²) in [5.74, 6) is -1.69. The number of imidazole rings is 1. The van der Waals surface area contributed by atoms with E-state index in [0.717, 1.165) is 25.1 Å². The highest BCUT2D eigenvalue weighted by Crippen LogP contribution is 2.71. The number of phosphoric acid groups is 2. The van der Waals surface area contributed by atoms with Crippen LogP contribution in [0.15, 0.2) is 27.4 Å². The van der Waals surface area contributed by atoms with Gasteiger partial charge >= 0.3 is 22.4 Å². The van der Waals surface area contributed by atoms with Gasteiger partial charge in [-0.05, 0) is 11.8 Å². The average molecular weight is 877 g/mol. The first-order valence-electron chi connectivity index (χ1n) is 15.7. The quantitative estimate of drug-likeness (QED) is 0.0763. The Kier molecular flexibility index (Phi) is 13.0. The van der Waals surface area contributed by atoms with Gasteiger partial charge in [0.15, 0.2) is 40.8 Å². The van der Waals surface area contributed by atoms with Gasteiger partial charge in [0, 0.05) is 42.5 Å². The van der Waals surface area contributed by atoms with Crippen LogP contribution in [-0.4, -0.2) is 136 Å². The maximum absolute atomic E-state index is 13.5. The lowest BCUT2D eigenvalue weighted by Crippen LogP contribution is -2.45. The zero-order valence-electron chi connectivity index (χ0n) is 30.1. The summed E-state index contributed by atoms with van der Waals surface area (Å²) in [6, 6.07) is 0. The first-order chi connectivity index (χ1) is 26.2. The Morgan fingerprint density at radius 1 is 1.02 bits per heavy atom. The molecule has 0 bridgehead atoms. The minimum atomic E-state index is -5.31. The largest absolute Gasteiger partial charge is 0.506 e. The summed E-state index contributed by atoms with van der Waals surface area (Å²) in [5, 5.41) is 32.2. The van der Waals surface area contributed by atoms with Gasteiger partial charge in [0.1, 0.15) is 36.9 Å². The molecule has 31 heteroatoms. The third-order valence-corrected chi connectivity index (χ3v) is 14.8. The molecule has 3 aromatic rings. The van der Waals surface area contributed by atoms with Crippen LogP contribution in [0.3, 0.4) is 0 Å². The van der Waals surface area contributed by atoms with Crippen LogP contribution in [0, 0.1) is 0 Å². The molecule has 9 atom stereocenters. The Morgan fingerprint density at radius 3 is 2.30 bits per heavy atom. The first kappa shape index (κ1) is 43.6. The second-order valence-corrected chi connectivity index (χ2v) is 18.5. The van der Waals surface area contributed by atoms with Crippen molar-refractivity contribution in [1.82, 2.24) is 29.5 Å². The molecule has 56 heavy (non-hydrogen) atoms. The normalized spacial score (nSPS) is 25.8. The summed E-state index contributed by atoms with van der Waals surface area (Å²) in [5.41, 5.74) is 9.97. The summed E-state index contributed by atoms with van der Waals surface area (Å²) in [4.78, 5) is 54.9. The molecule has 0 saturated carbocycles. The van der Waals surface area contributed by atoms with Crippen molar-refractivity contribution in [1.29, 1.82) is 0 Å². The number of aromatic amines is 2. The Labute approximate surface area is 320 Å². The van der Waals surface area contributed by atoms with Crippen LogP contribution >= 0.6 is 22.4 Å². The van der Waals surface area contributed by atoms with Crippen molar-refractivity contribution in [2.24, 2.45) is 0 Å². The van der Waals surface area contributed by atoms with E-state index in [9.17, 15) is 38.9 Å². The van der Waals surface area contributed by atoms with E-state index in [0.29, 0.717) is 0 Å². The molecule has 9 unspecified atom stereocenters. The van der Waals surface area contributed by atoms with Gasteiger partial charge in [0.2, 0.25) is 18.1 Å². The van der Waals surface area contributed by atoms with Crippen LogP contribution in [0.1, 0.15) is 6.23 Å². The maximum atomic E-state index is 13.5. The first-order valence-corrected chi connectivity index (χ1v) is 21.2. The highest BCUT2D eigenvalue weighted by molar-refractivity contribution is 8.10. The maximum Gasteiger partial charge on any atom is 0.482 e. The van der Waals surface area contributed by atoms with E-state index in [1.807, 2.05) is 0 Å². The van der Waals surface area contributed by atoms with Gasteiger partial charge in [0.05, 0.1) is 6.61 Å². The molecule has 5 rings (SSSR count). The number of nitrogens with zero attached hydrogens (tertiary/aromatic N) is 6. The molecular weight excluding hydrogens is 837 g/mol. The molecule has 27 nitrogen and oxygen atoms in total. The summed E-state index contributed by atoms with van der Waals surface area (Å²) in [7, 11) is -2.53. The summed E-state index contributed by atoms with van der Waals surface area (Å²) in [6.45, 7) is -6.30. The predicted octanol–water partition coefficient (Wildman–Crippen LogP) is -0.878. The SMILES string of the molecule is COC1C(O)C(COP(=O)(O)OP(=S)(OC)OP(=O)(OC)OCC2=C(O)C(O)C(n3cnc4c(=O)[nH]c(N)nc43)O2)OC1N(C)c1nc(N)[nH]c(=O)c1N(C)C. The fraction of sp³-hybridized carbons (Fsp3) is 0.560. The number of ether oxygens (including phenoxy) is 3. The Hall–Kier alpha value is -3.56. The van der Waals surface area contributed by atoms with E-state index in [-0.39, 0.29) is 34.6 Å². The summed E-state index contributed by atoms with van der Waals surface area (Å²) in [6.07, 6.45) is -7.22. The third-order valence-electron chi connectivity index (χ3n) is 8.07. The number of anilines is 4. The van der Waals surface area contributed by atoms with E-state index in [2.05, 4.69) is 24.9 Å². The van der Waals surface area contributed by atoms with Gasteiger partial charge in [-0.3, -0.25) is 37.7 Å². The zero-order valence-corrected chi connectivity index (χ0v) is 33.6. The molecule has 2 aliphatic rings. The van der Waals surface area contributed by atoms with Crippen molar-refractivity contribution >= 4 is 68.7 Å². The molecule has 0 spiro atoms. The minimum Gasteiger partial charge on any atom is -0.506 e. The number of nitrogens with two attached hydrogens (primary N) is 2. The van der Waals surface area contributed by atoms with E-state index in [1.165, 1.54) is 24.0 Å². The predicted molar refractivity (Wildman–Crippen MR) is 196 cm³/mol. The number of nitrogen functional groups attached to an aromatic ring is 2.